The summed E-state index contributed by atoms with van der Waals surface area (Å²) in [5, 5.41) is 18.0. The largest absolute Gasteiger partial charge is 0.508 e. The summed E-state index contributed by atoms with van der Waals surface area (Å²) in [5.41, 5.74) is -0.634. The monoisotopic (exact) mass is 516 g/mol. The Kier molecular flexibility index (Phi) is 6.83. The summed E-state index contributed by atoms with van der Waals surface area (Å²) in [4.78, 5) is 59.4. The number of hydrogen-bond acceptors (Lipinski definition) is 12. The molecule has 16 heteroatoms. The molecule has 0 unspecified atom stereocenters. The van der Waals surface area contributed by atoms with Crippen LogP contribution in [0.5, 0.6) is 0 Å². The van der Waals surface area contributed by atoms with Gasteiger partial charge >= 0.3 is 22.2 Å². The molecule has 1 fully saturated rings. The van der Waals surface area contributed by atoms with E-state index in [0.717, 1.165) is 0 Å². The molecule has 1 saturated heterocycles. The lowest BCUT2D eigenvalue weighted by atomic mass is 9.91. The molecule has 182 valence electrons. The molecule has 0 radical (unpaired) electrons. The number of aliphatic carboxylic acids is 1. The van der Waals surface area contributed by atoms with Gasteiger partial charge < -0.3 is 18.8 Å². The van der Waals surface area contributed by atoms with Gasteiger partial charge in [0, 0.05) is 12.1 Å². The maximum atomic E-state index is 12.6. The van der Waals surface area contributed by atoms with Crippen LogP contribution in [0, 0.1) is 16.0 Å². The number of amides is 1. The van der Waals surface area contributed by atoms with Crippen molar-refractivity contribution in [2.75, 3.05) is 6.26 Å². The second-order valence-electron chi connectivity index (χ2n) is 7.09. The smallest absolute Gasteiger partial charge is 0.476 e. The number of hydrogen-bond donors (Lipinski definition) is 1. The number of ether oxygens (including phenoxy) is 2. The van der Waals surface area contributed by atoms with Gasteiger partial charge in [-0.05, 0) is 24.6 Å². The molecule has 1 N–H and O–H groups in total. The van der Waals surface area contributed by atoms with Gasteiger partial charge in [0.1, 0.15) is 24.0 Å². The Morgan fingerprint density at radius 2 is 1.88 bits per heavy atom. The molecule has 3 atom stereocenters. The lowest BCUT2D eigenvalue weighted by molar-refractivity contribution is -0.384. The van der Waals surface area contributed by atoms with Crippen LogP contribution >= 0.6 is 11.8 Å². The number of carbonyl (C=O) groups excluding carboxylic acids is 3. The van der Waals surface area contributed by atoms with E-state index in [4.69, 9.17) is 9.47 Å². The van der Waals surface area contributed by atoms with E-state index < -0.39 is 67.0 Å². The maximum absolute atomic E-state index is 12.6. The van der Waals surface area contributed by atoms with Crippen molar-refractivity contribution in [3.63, 3.8) is 0 Å². The molecule has 2 aliphatic rings. The number of benzene rings is 1. The van der Waals surface area contributed by atoms with Gasteiger partial charge in [-0.2, -0.15) is 8.42 Å². The number of rotatable bonds is 8. The van der Waals surface area contributed by atoms with Crippen LogP contribution in [0.4, 0.5) is 10.5 Å². The summed E-state index contributed by atoms with van der Waals surface area (Å²) in [5.74, 6) is -4.69. The molecular weight excluding hydrogens is 500 g/mol. The summed E-state index contributed by atoms with van der Waals surface area (Å²) < 4.78 is 37.2. The second kappa shape index (κ2) is 9.30. The van der Waals surface area contributed by atoms with Crippen molar-refractivity contribution < 1.29 is 51.3 Å². The molecule has 2 aliphatic heterocycles. The van der Waals surface area contributed by atoms with E-state index >= 15 is 0 Å². The van der Waals surface area contributed by atoms with Gasteiger partial charge in [-0.1, -0.05) is 11.8 Å². The summed E-state index contributed by atoms with van der Waals surface area (Å²) in [6.07, 6.45) is -1.69. The zero-order valence-electron chi connectivity index (χ0n) is 17.4. The first-order chi connectivity index (χ1) is 15.8. The minimum Gasteiger partial charge on any atom is -0.476 e. The van der Waals surface area contributed by atoms with Crippen molar-refractivity contribution in [1.29, 1.82) is 0 Å². The lowest BCUT2D eigenvalue weighted by Gasteiger charge is -2.49. The molecule has 1 aromatic rings. The van der Waals surface area contributed by atoms with Crippen LogP contribution in [0.1, 0.15) is 12.5 Å². The molecule has 0 spiro atoms. The highest BCUT2D eigenvalue weighted by atomic mass is 32.2. The highest BCUT2D eigenvalue weighted by Gasteiger charge is 2.59. The van der Waals surface area contributed by atoms with E-state index in [-0.39, 0.29) is 12.3 Å². The van der Waals surface area contributed by atoms with Crippen LogP contribution < -0.4 is 0 Å². The number of carboxylic acid groups (broad SMARTS) is 1. The fraction of sp³-hybridized carbons (Fsp3) is 0.333. The van der Waals surface area contributed by atoms with Crippen molar-refractivity contribution in [3.05, 3.63) is 51.4 Å². The van der Waals surface area contributed by atoms with E-state index in [1.165, 1.54) is 31.2 Å². The quantitative estimate of drug-likeness (QED) is 0.169. The standard InChI is InChI=1S/C18H16N2O12S2/c1-8(31-18(25)30-7-9-3-5-10(6-4-9)20(26)27)11-14(21)19-12(16(22)23)13(32-34(2,28)29)17(24)33-15(11)19/h3-6,8,11,15H,7H2,1-2H3,(H,22,23)/t8-,11+,15+/m1/s1. The third-order valence-corrected chi connectivity index (χ3v) is 6.30. The Morgan fingerprint density at radius 3 is 2.41 bits per heavy atom. The minimum absolute atomic E-state index is 0.146. The fourth-order valence-corrected chi connectivity index (χ4v) is 4.97. The SMILES string of the molecule is C[C@@H](OC(=O)OCc1ccc([N+](=O)[O-])cc1)[C@H]1C(=O)N2C(C(=O)O)=C(OS(C)(=O)=O)C(=O)S[C@@H]12. The number of carboxylic acids is 1. The summed E-state index contributed by atoms with van der Waals surface area (Å²) in [7, 11) is -4.25. The van der Waals surface area contributed by atoms with Crippen molar-refractivity contribution in [2.24, 2.45) is 5.92 Å². The molecular formula is C18H16N2O12S2. The zero-order chi connectivity index (χ0) is 25.4. The highest BCUT2D eigenvalue weighted by Crippen LogP contribution is 2.46. The van der Waals surface area contributed by atoms with Crippen LogP contribution in [0.25, 0.3) is 0 Å². The van der Waals surface area contributed by atoms with E-state index in [1.54, 1.807) is 0 Å². The van der Waals surface area contributed by atoms with Crippen molar-refractivity contribution in [2.45, 2.75) is 25.0 Å². The highest BCUT2D eigenvalue weighted by molar-refractivity contribution is 8.14. The van der Waals surface area contributed by atoms with Crippen LogP contribution in [0.15, 0.2) is 35.7 Å². The molecule has 0 aromatic heterocycles. The number of β-lactam (4-membered cyclic amide) rings is 1. The summed E-state index contributed by atoms with van der Waals surface area (Å²) in [6, 6.07) is 5.20. The maximum Gasteiger partial charge on any atom is 0.508 e. The Balaban J connectivity index is 1.66. The van der Waals surface area contributed by atoms with Gasteiger partial charge in [0.15, 0.2) is 5.70 Å². The average molecular weight is 516 g/mol. The third-order valence-electron chi connectivity index (χ3n) is 4.68. The van der Waals surface area contributed by atoms with E-state index in [0.29, 0.717) is 28.5 Å². The average Bonchev–Trinajstić information content (AvgIpc) is 2.72. The van der Waals surface area contributed by atoms with Crippen LogP contribution in [-0.2, 0) is 44.8 Å². The van der Waals surface area contributed by atoms with Gasteiger partial charge in [-0.25, -0.2) is 9.59 Å². The number of nitro groups is 1. The van der Waals surface area contributed by atoms with Crippen molar-refractivity contribution in [1.82, 2.24) is 4.90 Å². The Hall–Kier alpha value is -3.66. The molecule has 0 saturated carbocycles. The van der Waals surface area contributed by atoms with Gasteiger partial charge in [-0.15, -0.1) is 0 Å². The van der Waals surface area contributed by atoms with Gasteiger partial charge in [0.05, 0.1) is 11.2 Å². The summed E-state index contributed by atoms with van der Waals surface area (Å²) in [6.45, 7) is 1.06. The summed E-state index contributed by atoms with van der Waals surface area (Å²) >= 11 is 0.456. The minimum atomic E-state index is -4.25. The normalized spacial score (nSPS) is 20.7. The number of nitrogens with zero attached hydrogens (tertiary/aromatic N) is 2. The predicted octanol–water partition coefficient (Wildman–Crippen LogP) is 0.967. The number of carbonyl (C=O) groups is 4. The molecule has 34 heavy (non-hydrogen) atoms. The van der Waals surface area contributed by atoms with E-state index in [9.17, 15) is 42.8 Å². The van der Waals surface area contributed by atoms with Crippen molar-refractivity contribution in [3.8, 4) is 0 Å². The van der Waals surface area contributed by atoms with E-state index in [1.807, 2.05) is 0 Å². The number of nitro benzene ring substituents is 1. The third kappa shape index (κ3) is 5.12. The predicted molar refractivity (Wildman–Crippen MR) is 111 cm³/mol. The van der Waals surface area contributed by atoms with Gasteiger partial charge in [-0.3, -0.25) is 24.6 Å². The van der Waals surface area contributed by atoms with Crippen molar-refractivity contribution >= 4 is 50.7 Å². The number of thioether (sulfide) groups is 1. The topological polar surface area (TPSA) is 197 Å². The molecule has 0 bridgehead atoms. The molecule has 3 rings (SSSR count). The Morgan fingerprint density at radius 1 is 1.26 bits per heavy atom. The first-order valence-electron chi connectivity index (χ1n) is 9.28. The van der Waals surface area contributed by atoms with E-state index in [2.05, 4.69) is 4.18 Å². The Labute approximate surface area is 195 Å². The second-order valence-corrected chi connectivity index (χ2v) is 9.75. The first-order valence-corrected chi connectivity index (χ1v) is 12.0. The molecule has 1 aromatic carbocycles. The first kappa shape index (κ1) is 25.0. The molecule has 2 heterocycles. The molecule has 1 amide bonds. The fourth-order valence-electron chi connectivity index (χ4n) is 3.19. The molecule has 14 nitrogen and oxygen atoms in total. The number of non-ortho nitro benzene ring substituents is 1. The van der Waals surface area contributed by atoms with Gasteiger partial charge in [0.25, 0.3) is 10.8 Å². The Bertz CT molecular complexity index is 1210. The van der Waals surface area contributed by atoms with Crippen LogP contribution in [-0.4, -0.2) is 64.2 Å². The zero-order valence-corrected chi connectivity index (χ0v) is 19.0. The van der Waals surface area contributed by atoms with Gasteiger partial charge in [0.2, 0.25) is 11.7 Å². The lowest BCUT2D eigenvalue weighted by Crippen LogP contribution is -2.65. The number of fused-ring (bicyclic) bond motifs is 1. The molecule has 0 aliphatic carbocycles. The van der Waals surface area contributed by atoms with Crippen LogP contribution in [0.2, 0.25) is 0 Å². The van der Waals surface area contributed by atoms with Crippen LogP contribution in [0.3, 0.4) is 0 Å².